The van der Waals surface area contributed by atoms with Crippen molar-refractivity contribution in [3.05, 3.63) is 103 Å². The quantitative estimate of drug-likeness (QED) is 0.237. The number of fused-ring (bicyclic) bond motifs is 1. The normalized spacial score (nSPS) is 10.6. The molecule has 0 amide bonds. The summed E-state index contributed by atoms with van der Waals surface area (Å²) < 4.78 is 15.9. The van der Waals surface area contributed by atoms with E-state index in [1.807, 2.05) is 24.3 Å². The Kier molecular flexibility index (Phi) is 8.13. The van der Waals surface area contributed by atoms with E-state index in [4.69, 9.17) is 14.2 Å². The standard InChI is InChI=1S/C28H24O6/c1-4-27(30)33-17-21-5-9-23-16-25(13-10-22(23)15-21)34-28(31)14-8-20-6-11-24(12-7-20)32-18-26(29)19(2)3/h4-16H,1-2,17-18H2,3H3/b14-8+. The largest absolute Gasteiger partial charge is 0.485 e. The van der Waals surface area contributed by atoms with E-state index in [0.717, 1.165) is 28.0 Å². The first kappa shape index (κ1) is 24.2. The molecule has 3 aromatic rings. The first-order valence-corrected chi connectivity index (χ1v) is 10.5. The van der Waals surface area contributed by atoms with Gasteiger partial charge in [-0.1, -0.05) is 43.5 Å². The predicted octanol–water partition coefficient (Wildman–Crippen LogP) is 5.21. The third-order valence-corrected chi connectivity index (χ3v) is 4.78. The van der Waals surface area contributed by atoms with Crippen molar-refractivity contribution in [1.82, 2.24) is 0 Å². The molecule has 0 saturated carbocycles. The third-order valence-electron chi connectivity index (χ3n) is 4.78. The van der Waals surface area contributed by atoms with Crippen LogP contribution in [0.25, 0.3) is 16.8 Å². The first-order chi connectivity index (χ1) is 16.3. The summed E-state index contributed by atoms with van der Waals surface area (Å²) in [7, 11) is 0. The van der Waals surface area contributed by atoms with Crippen LogP contribution in [0.3, 0.4) is 0 Å². The lowest BCUT2D eigenvalue weighted by atomic mass is 10.1. The van der Waals surface area contributed by atoms with Gasteiger partial charge in [0.25, 0.3) is 0 Å². The van der Waals surface area contributed by atoms with Crippen molar-refractivity contribution >= 4 is 34.6 Å². The molecule has 34 heavy (non-hydrogen) atoms. The molecular weight excluding hydrogens is 432 g/mol. The van der Waals surface area contributed by atoms with Gasteiger partial charge < -0.3 is 14.2 Å². The lowest BCUT2D eigenvalue weighted by Crippen LogP contribution is -2.11. The first-order valence-electron chi connectivity index (χ1n) is 10.5. The molecule has 0 fully saturated rings. The number of hydrogen-bond acceptors (Lipinski definition) is 6. The summed E-state index contributed by atoms with van der Waals surface area (Å²) in [6, 6.07) is 17.9. The fourth-order valence-corrected chi connectivity index (χ4v) is 2.90. The van der Waals surface area contributed by atoms with Crippen LogP contribution in [-0.4, -0.2) is 24.3 Å². The molecular formula is C28H24O6. The fourth-order valence-electron chi connectivity index (χ4n) is 2.90. The molecule has 172 valence electrons. The molecule has 0 bridgehead atoms. The van der Waals surface area contributed by atoms with Crippen LogP contribution < -0.4 is 9.47 Å². The van der Waals surface area contributed by atoms with Gasteiger partial charge in [-0.2, -0.15) is 0 Å². The maximum atomic E-state index is 12.2. The monoisotopic (exact) mass is 456 g/mol. The van der Waals surface area contributed by atoms with E-state index < -0.39 is 11.9 Å². The molecule has 0 N–H and O–H groups in total. The van der Waals surface area contributed by atoms with Crippen LogP contribution in [0.15, 0.2) is 91.5 Å². The average molecular weight is 456 g/mol. The number of ether oxygens (including phenoxy) is 3. The number of rotatable bonds is 10. The van der Waals surface area contributed by atoms with Crippen molar-refractivity contribution in [2.75, 3.05) is 6.61 Å². The van der Waals surface area contributed by atoms with Gasteiger partial charge in [-0.05, 0) is 70.8 Å². The van der Waals surface area contributed by atoms with E-state index >= 15 is 0 Å². The molecule has 3 rings (SSSR count). The van der Waals surface area contributed by atoms with Crippen LogP contribution in [0.5, 0.6) is 11.5 Å². The van der Waals surface area contributed by atoms with E-state index in [2.05, 4.69) is 13.2 Å². The molecule has 0 radical (unpaired) electrons. The highest BCUT2D eigenvalue weighted by atomic mass is 16.5. The Labute approximate surface area is 197 Å². The van der Waals surface area contributed by atoms with Crippen molar-refractivity contribution in [3.63, 3.8) is 0 Å². The minimum Gasteiger partial charge on any atom is -0.485 e. The summed E-state index contributed by atoms with van der Waals surface area (Å²) in [6.45, 7) is 8.68. The summed E-state index contributed by atoms with van der Waals surface area (Å²) in [5.74, 6) is -0.184. The SMILES string of the molecule is C=CC(=O)OCc1ccc2cc(OC(=O)/C=C/c3ccc(OCC(=O)C(=C)C)cc3)ccc2c1. The van der Waals surface area contributed by atoms with Gasteiger partial charge in [-0.15, -0.1) is 0 Å². The summed E-state index contributed by atoms with van der Waals surface area (Å²) >= 11 is 0. The topological polar surface area (TPSA) is 78.9 Å². The highest BCUT2D eigenvalue weighted by molar-refractivity contribution is 5.95. The molecule has 0 spiro atoms. The average Bonchev–Trinajstić information content (AvgIpc) is 2.84. The van der Waals surface area contributed by atoms with E-state index in [0.29, 0.717) is 17.1 Å². The van der Waals surface area contributed by atoms with Crippen LogP contribution in [0.1, 0.15) is 18.1 Å². The van der Waals surface area contributed by atoms with Crippen LogP contribution >= 0.6 is 0 Å². The van der Waals surface area contributed by atoms with Crippen LogP contribution in [0, 0.1) is 0 Å². The second-order valence-electron chi connectivity index (χ2n) is 7.47. The number of carbonyl (C=O) groups excluding carboxylic acids is 3. The number of carbonyl (C=O) groups is 3. The Morgan fingerprint density at radius 1 is 0.882 bits per heavy atom. The molecule has 0 saturated heterocycles. The maximum Gasteiger partial charge on any atom is 0.336 e. The van der Waals surface area contributed by atoms with Crippen molar-refractivity contribution in [2.24, 2.45) is 0 Å². The molecule has 6 heteroatoms. The van der Waals surface area contributed by atoms with Gasteiger partial charge in [-0.25, -0.2) is 9.59 Å². The van der Waals surface area contributed by atoms with Gasteiger partial charge in [0, 0.05) is 12.2 Å². The van der Waals surface area contributed by atoms with E-state index in [-0.39, 0.29) is 19.0 Å². The molecule has 3 aromatic carbocycles. The number of ketones is 1. The van der Waals surface area contributed by atoms with Crippen LogP contribution in [-0.2, 0) is 25.7 Å². The molecule has 0 aliphatic carbocycles. The van der Waals surface area contributed by atoms with Crippen molar-refractivity contribution in [3.8, 4) is 11.5 Å². The summed E-state index contributed by atoms with van der Waals surface area (Å²) in [5.41, 5.74) is 2.06. The fraction of sp³-hybridized carbons (Fsp3) is 0.107. The molecule has 0 heterocycles. The van der Waals surface area contributed by atoms with Gasteiger partial charge >= 0.3 is 11.9 Å². The highest BCUT2D eigenvalue weighted by Crippen LogP contribution is 2.23. The van der Waals surface area contributed by atoms with Gasteiger partial charge in [-0.3, -0.25) is 4.79 Å². The van der Waals surface area contributed by atoms with E-state index in [1.165, 1.54) is 6.08 Å². The van der Waals surface area contributed by atoms with Gasteiger partial charge in [0.05, 0.1) is 0 Å². The molecule has 0 atom stereocenters. The second kappa shape index (κ2) is 11.4. The minimum atomic E-state index is -0.514. The molecule has 6 nitrogen and oxygen atoms in total. The van der Waals surface area contributed by atoms with Crippen LogP contribution in [0.4, 0.5) is 0 Å². The molecule has 0 aliphatic heterocycles. The predicted molar refractivity (Wildman–Crippen MR) is 130 cm³/mol. The number of hydrogen-bond donors (Lipinski definition) is 0. The zero-order valence-corrected chi connectivity index (χ0v) is 18.8. The summed E-state index contributed by atoms with van der Waals surface area (Å²) in [5, 5.41) is 1.81. The lowest BCUT2D eigenvalue weighted by molar-refractivity contribution is -0.139. The summed E-state index contributed by atoms with van der Waals surface area (Å²) in [6.07, 6.45) is 4.08. The Balaban J connectivity index is 1.56. The maximum absolute atomic E-state index is 12.2. The van der Waals surface area contributed by atoms with E-state index in [1.54, 1.807) is 49.4 Å². The van der Waals surface area contributed by atoms with E-state index in [9.17, 15) is 14.4 Å². The van der Waals surface area contributed by atoms with Gasteiger partial charge in [0.1, 0.15) is 18.1 Å². The van der Waals surface area contributed by atoms with Gasteiger partial charge in [0.2, 0.25) is 0 Å². The molecule has 0 aliphatic rings. The van der Waals surface area contributed by atoms with Crippen molar-refractivity contribution < 1.29 is 28.6 Å². The number of benzene rings is 3. The third kappa shape index (κ3) is 7.03. The zero-order chi connectivity index (χ0) is 24.5. The molecule has 0 unspecified atom stereocenters. The van der Waals surface area contributed by atoms with Gasteiger partial charge in [0.15, 0.2) is 12.4 Å². The Hall–Kier alpha value is -4.45. The smallest absolute Gasteiger partial charge is 0.336 e. The molecule has 0 aromatic heterocycles. The zero-order valence-electron chi connectivity index (χ0n) is 18.8. The van der Waals surface area contributed by atoms with Crippen molar-refractivity contribution in [2.45, 2.75) is 13.5 Å². The Morgan fingerprint density at radius 2 is 1.56 bits per heavy atom. The lowest BCUT2D eigenvalue weighted by Gasteiger charge is -2.07. The highest BCUT2D eigenvalue weighted by Gasteiger charge is 2.06. The number of Topliss-reactive ketones (excluding diaryl/α,β-unsaturated/α-hetero) is 1. The Bertz CT molecular complexity index is 1270. The van der Waals surface area contributed by atoms with Crippen molar-refractivity contribution in [1.29, 1.82) is 0 Å². The van der Waals surface area contributed by atoms with Crippen LogP contribution in [0.2, 0.25) is 0 Å². The summed E-state index contributed by atoms with van der Waals surface area (Å²) in [4.78, 5) is 35.0. The second-order valence-corrected chi connectivity index (χ2v) is 7.47. The Morgan fingerprint density at radius 3 is 2.26 bits per heavy atom. The minimum absolute atomic E-state index is 0.0628. The number of esters is 2.